The van der Waals surface area contributed by atoms with Crippen LogP contribution in [0.1, 0.15) is 19.4 Å². The van der Waals surface area contributed by atoms with Gasteiger partial charge in [0.1, 0.15) is 11.8 Å². The molecule has 0 fully saturated rings. The Kier molecular flexibility index (Phi) is 5.99. The van der Waals surface area contributed by atoms with Gasteiger partial charge in [-0.3, -0.25) is 9.59 Å². The highest BCUT2D eigenvalue weighted by Crippen LogP contribution is 2.24. The molecule has 0 aliphatic carbocycles. The molecule has 0 bridgehead atoms. The van der Waals surface area contributed by atoms with Crippen molar-refractivity contribution in [3.8, 4) is 11.6 Å². The van der Waals surface area contributed by atoms with Crippen LogP contribution in [0, 0.1) is 11.6 Å². The number of nitrogens with one attached hydrogen (secondary N) is 2. The summed E-state index contributed by atoms with van der Waals surface area (Å²) in [5, 5.41) is 5.11. The Hall–Kier alpha value is -3.03. The van der Waals surface area contributed by atoms with E-state index >= 15 is 0 Å². The number of pyridine rings is 1. The first-order valence-corrected chi connectivity index (χ1v) is 7.48. The molecule has 0 saturated heterocycles. The molecule has 132 valence electrons. The fraction of sp³-hybridized carbons (Fsp3) is 0.235. The minimum Gasteiger partial charge on any atom is -0.439 e. The van der Waals surface area contributed by atoms with Crippen LogP contribution >= 0.6 is 0 Å². The molecule has 1 aromatic carbocycles. The van der Waals surface area contributed by atoms with Crippen LogP contribution in [-0.2, 0) is 16.1 Å². The second-order valence-corrected chi connectivity index (χ2v) is 5.29. The first kappa shape index (κ1) is 18.3. The number of nitrogens with zero attached hydrogens (tertiary/aromatic N) is 1. The van der Waals surface area contributed by atoms with Crippen molar-refractivity contribution >= 4 is 11.8 Å². The highest BCUT2D eigenvalue weighted by molar-refractivity contribution is 5.86. The fourth-order valence-electron chi connectivity index (χ4n) is 2.01. The molecule has 8 heteroatoms. The minimum absolute atomic E-state index is 0.0804. The number of benzene rings is 1. The lowest BCUT2D eigenvalue weighted by molar-refractivity contribution is -0.127. The molecule has 2 amide bonds. The van der Waals surface area contributed by atoms with Crippen LogP contribution in [0.4, 0.5) is 8.78 Å². The maximum Gasteiger partial charge on any atom is 0.242 e. The van der Waals surface area contributed by atoms with Crippen molar-refractivity contribution in [2.75, 3.05) is 0 Å². The molecule has 0 spiro atoms. The summed E-state index contributed by atoms with van der Waals surface area (Å²) in [6.07, 6.45) is 1.47. The summed E-state index contributed by atoms with van der Waals surface area (Å²) in [6.45, 7) is 2.97. The molecule has 2 N–H and O–H groups in total. The number of carbonyl (C=O) groups excluding carboxylic acids is 2. The van der Waals surface area contributed by atoms with Crippen molar-refractivity contribution in [1.82, 2.24) is 15.6 Å². The van der Waals surface area contributed by atoms with Gasteiger partial charge in [0.2, 0.25) is 17.7 Å². The number of amides is 2. The summed E-state index contributed by atoms with van der Waals surface area (Å²) in [5.41, 5.74) is 0.538. The van der Waals surface area contributed by atoms with E-state index < -0.39 is 17.7 Å². The molecule has 25 heavy (non-hydrogen) atoms. The largest absolute Gasteiger partial charge is 0.439 e. The molecular formula is C17H17F2N3O3. The van der Waals surface area contributed by atoms with Crippen molar-refractivity contribution in [3.63, 3.8) is 0 Å². The molecule has 0 unspecified atom stereocenters. The van der Waals surface area contributed by atoms with Crippen molar-refractivity contribution < 1.29 is 23.1 Å². The zero-order chi connectivity index (χ0) is 18.4. The van der Waals surface area contributed by atoms with Gasteiger partial charge < -0.3 is 15.4 Å². The van der Waals surface area contributed by atoms with Gasteiger partial charge in [0.15, 0.2) is 11.6 Å². The zero-order valence-corrected chi connectivity index (χ0v) is 13.7. The number of carbonyl (C=O) groups is 2. The van der Waals surface area contributed by atoms with Crippen molar-refractivity contribution in [2.24, 2.45) is 0 Å². The van der Waals surface area contributed by atoms with E-state index in [1.165, 1.54) is 19.2 Å². The van der Waals surface area contributed by atoms with E-state index in [9.17, 15) is 18.4 Å². The molecular weight excluding hydrogens is 332 g/mol. The number of rotatable bonds is 6. The average molecular weight is 349 g/mol. The van der Waals surface area contributed by atoms with Gasteiger partial charge in [0.05, 0.1) is 0 Å². The van der Waals surface area contributed by atoms with Crippen molar-refractivity contribution in [3.05, 3.63) is 53.7 Å². The van der Waals surface area contributed by atoms with Gasteiger partial charge in [-0.2, -0.15) is 0 Å². The van der Waals surface area contributed by atoms with Gasteiger partial charge in [-0.1, -0.05) is 6.07 Å². The molecule has 0 radical (unpaired) electrons. The molecule has 0 aliphatic rings. The molecule has 6 nitrogen and oxygen atoms in total. The Bertz CT molecular complexity index is 783. The lowest BCUT2D eigenvalue weighted by Crippen LogP contribution is -2.43. The highest BCUT2D eigenvalue weighted by Gasteiger charge is 2.15. The lowest BCUT2D eigenvalue weighted by Gasteiger charge is -2.14. The Labute approximate surface area is 143 Å². The number of ether oxygens (including phenoxy) is 1. The number of hydrogen-bond donors (Lipinski definition) is 2. The van der Waals surface area contributed by atoms with Crippen molar-refractivity contribution in [1.29, 1.82) is 0 Å². The first-order valence-electron chi connectivity index (χ1n) is 7.48. The molecule has 2 rings (SSSR count). The predicted octanol–water partition coefficient (Wildman–Crippen LogP) is 2.29. The first-order chi connectivity index (χ1) is 11.9. The second-order valence-electron chi connectivity index (χ2n) is 5.29. The Morgan fingerprint density at radius 2 is 2.00 bits per heavy atom. The van der Waals surface area contributed by atoms with E-state index in [4.69, 9.17) is 4.74 Å². The third kappa shape index (κ3) is 5.23. The second kappa shape index (κ2) is 8.18. The average Bonchev–Trinajstić information content (AvgIpc) is 2.56. The van der Waals surface area contributed by atoms with E-state index in [0.717, 1.165) is 12.1 Å². The zero-order valence-electron chi connectivity index (χ0n) is 13.7. The Morgan fingerprint density at radius 3 is 2.68 bits per heavy atom. The van der Waals surface area contributed by atoms with E-state index in [1.54, 1.807) is 19.1 Å². The molecule has 1 heterocycles. The summed E-state index contributed by atoms with van der Waals surface area (Å²) < 4.78 is 31.7. The van der Waals surface area contributed by atoms with Gasteiger partial charge in [0, 0.05) is 31.3 Å². The van der Waals surface area contributed by atoms with Gasteiger partial charge in [0.25, 0.3) is 0 Å². The van der Waals surface area contributed by atoms with Gasteiger partial charge in [-0.25, -0.2) is 13.8 Å². The molecule has 0 saturated carbocycles. The van der Waals surface area contributed by atoms with Crippen LogP contribution in [0.2, 0.25) is 0 Å². The minimum atomic E-state index is -1.03. The summed E-state index contributed by atoms with van der Waals surface area (Å²) in [6, 6.07) is 5.76. The fourth-order valence-corrected chi connectivity index (χ4v) is 2.01. The van der Waals surface area contributed by atoms with Gasteiger partial charge in [-0.05, 0) is 25.1 Å². The van der Waals surface area contributed by atoms with Crippen molar-refractivity contribution in [2.45, 2.75) is 26.4 Å². The number of halogens is 2. The summed E-state index contributed by atoms with van der Waals surface area (Å²) in [5.74, 6) is -2.47. The molecule has 1 atom stereocenters. The normalized spacial score (nSPS) is 11.5. The summed E-state index contributed by atoms with van der Waals surface area (Å²) in [7, 11) is 0. The molecule has 2 aromatic rings. The maximum atomic E-state index is 13.3. The van der Waals surface area contributed by atoms with Gasteiger partial charge in [-0.15, -0.1) is 0 Å². The highest BCUT2D eigenvalue weighted by atomic mass is 19.2. The van der Waals surface area contributed by atoms with Crippen LogP contribution in [0.5, 0.6) is 11.6 Å². The van der Waals surface area contributed by atoms with Crippen LogP contribution in [0.25, 0.3) is 0 Å². The third-order valence-corrected chi connectivity index (χ3v) is 3.22. The maximum absolute atomic E-state index is 13.3. The smallest absolute Gasteiger partial charge is 0.242 e. The Morgan fingerprint density at radius 1 is 1.24 bits per heavy atom. The van der Waals surface area contributed by atoms with E-state index in [1.807, 2.05) is 0 Å². The standard InChI is InChI=1S/C17H17F2N3O3/c1-10(22-11(2)23)16(24)21-9-12-4-3-7-20-17(12)25-13-5-6-14(18)15(19)8-13/h3-8,10H,9H2,1-2H3,(H,21,24)(H,22,23)/t10-/m0/s1. The quantitative estimate of drug-likeness (QED) is 0.839. The SMILES string of the molecule is CC(=O)N[C@@H](C)C(=O)NCc1cccnc1Oc1ccc(F)c(F)c1. The van der Waals surface area contributed by atoms with Crippen LogP contribution in [-0.4, -0.2) is 22.8 Å². The third-order valence-electron chi connectivity index (χ3n) is 3.22. The van der Waals surface area contributed by atoms with Crippen LogP contribution < -0.4 is 15.4 Å². The molecule has 1 aromatic heterocycles. The number of aromatic nitrogens is 1. The lowest BCUT2D eigenvalue weighted by atomic mass is 10.2. The Balaban J connectivity index is 2.06. The number of hydrogen-bond acceptors (Lipinski definition) is 4. The van der Waals surface area contributed by atoms with Gasteiger partial charge >= 0.3 is 0 Å². The summed E-state index contributed by atoms with van der Waals surface area (Å²) >= 11 is 0. The van der Waals surface area contributed by atoms with E-state index in [-0.39, 0.29) is 30.0 Å². The monoisotopic (exact) mass is 349 g/mol. The topological polar surface area (TPSA) is 80.3 Å². The van der Waals surface area contributed by atoms with Crippen LogP contribution in [0.3, 0.4) is 0 Å². The van der Waals surface area contributed by atoms with Crippen LogP contribution in [0.15, 0.2) is 36.5 Å². The van der Waals surface area contributed by atoms with E-state index in [2.05, 4.69) is 15.6 Å². The molecule has 0 aliphatic heterocycles. The van der Waals surface area contributed by atoms with E-state index in [0.29, 0.717) is 5.56 Å². The summed E-state index contributed by atoms with van der Waals surface area (Å²) in [4.78, 5) is 26.9. The predicted molar refractivity (Wildman–Crippen MR) is 85.8 cm³/mol.